The Morgan fingerprint density at radius 3 is 1.90 bits per heavy atom. The molecule has 0 amide bonds. The summed E-state index contributed by atoms with van der Waals surface area (Å²) in [7, 11) is 0. The van der Waals surface area contributed by atoms with E-state index in [4.69, 9.17) is 15.8 Å². The Morgan fingerprint density at radius 2 is 1.70 bits per heavy atom. The number of hydrogen-bond donors (Lipinski definition) is 2. The first-order chi connectivity index (χ1) is 4.81. The van der Waals surface area contributed by atoms with Gasteiger partial charge in [-0.2, -0.15) is 0 Å². The van der Waals surface area contributed by atoms with Crippen molar-refractivity contribution < 1.29 is 5.34 Å². The molecule has 1 rings (SSSR count). The van der Waals surface area contributed by atoms with Gasteiger partial charge in [0.15, 0.2) is 0 Å². The van der Waals surface area contributed by atoms with Gasteiger partial charge in [0.25, 0.3) is 0 Å². The van der Waals surface area contributed by atoms with Gasteiger partial charge in [-0.1, -0.05) is 19.3 Å². The van der Waals surface area contributed by atoms with Gasteiger partial charge in [0.1, 0.15) is 0 Å². The van der Waals surface area contributed by atoms with Gasteiger partial charge in [-0.05, 0) is 12.8 Å². The molecule has 0 bridgehead atoms. The van der Waals surface area contributed by atoms with Crippen molar-refractivity contribution in [2.75, 3.05) is 0 Å². The third kappa shape index (κ3) is 5.50. The van der Waals surface area contributed by atoms with Gasteiger partial charge in [0.05, 0.1) is 0 Å². The molecule has 1 aliphatic carbocycles. The molecule has 0 heterocycles. The summed E-state index contributed by atoms with van der Waals surface area (Å²) in [6.07, 6.45) is 6.66. The van der Waals surface area contributed by atoms with E-state index in [2.05, 4.69) is 0 Å². The maximum absolute atomic E-state index is 8.12. The fourth-order valence-corrected chi connectivity index (χ4v) is 1.13. The number of nitrogens with one attached hydrogen (secondary N) is 1. The van der Waals surface area contributed by atoms with Crippen molar-refractivity contribution in [2.24, 2.45) is 5.73 Å². The van der Waals surface area contributed by atoms with Gasteiger partial charge in [0.2, 0.25) is 0 Å². The van der Waals surface area contributed by atoms with Crippen molar-refractivity contribution in [2.45, 2.75) is 38.1 Å². The fraction of sp³-hybridized carbons (Fsp3) is 1.00. The molecule has 1 aliphatic rings. The van der Waals surface area contributed by atoms with Crippen LogP contribution in [0.25, 0.3) is 0 Å². The normalized spacial score (nSPS) is 18.9. The number of nitrogens with two attached hydrogens (primary N) is 1. The zero-order valence-electron chi connectivity index (χ0n) is 6.01. The Labute approximate surface area is 60.3 Å². The van der Waals surface area contributed by atoms with Gasteiger partial charge in [-0.25, -0.2) is 0 Å². The Bertz CT molecular complexity index is 81.8. The van der Waals surface area contributed by atoms with Gasteiger partial charge in [-0.3, -0.25) is 10.1 Å². The second kappa shape index (κ2) is 6.48. The molecule has 4 heteroatoms. The predicted octanol–water partition coefficient (Wildman–Crippen LogP) is -0.391. The van der Waals surface area contributed by atoms with E-state index in [0.717, 1.165) is 0 Å². The van der Waals surface area contributed by atoms with Crippen molar-refractivity contribution in [3.05, 3.63) is 10.1 Å². The highest BCUT2D eigenvalue weighted by Crippen LogP contribution is 2.14. The van der Waals surface area contributed by atoms with Crippen LogP contribution in [-0.4, -0.2) is 6.04 Å². The largest absolute Gasteiger partial charge is 0.328 e. The van der Waals surface area contributed by atoms with E-state index < -0.39 is 0 Å². The summed E-state index contributed by atoms with van der Waals surface area (Å²) in [5.74, 6) is 0. The minimum Gasteiger partial charge on any atom is -0.328 e. The molecule has 3 N–H and O–H groups in total. The van der Waals surface area contributed by atoms with Crippen molar-refractivity contribution in [3.63, 3.8) is 0 Å². The predicted molar refractivity (Wildman–Crippen MR) is 38.8 cm³/mol. The van der Waals surface area contributed by atoms with Crippen LogP contribution in [0.3, 0.4) is 0 Å². The van der Waals surface area contributed by atoms with Gasteiger partial charge >= 0.3 is 0 Å². The topological polar surface area (TPSA) is 80.1 Å². The third-order valence-electron chi connectivity index (χ3n) is 1.65. The second-order valence-electron chi connectivity index (χ2n) is 2.48. The van der Waals surface area contributed by atoms with E-state index in [1.165, 1.54) is 32.1 Å². The SMILES string of the molecule is NC1CCCCC1.O=[NH+][O-]. The van der Waals surface area contributed by atoms with Crippen LogP contribution in [0, 0.1) is 10.1 Å². The monoisotopic (exact) mass is 146 g/mol. The molecule has 0 saturated heterocycles. The molecule has 1 saturated carbocycles. The average Bonchev–Trinajstić information content (AvgIpc) is 1.91. The molecule has 0 spiro atoms. The second-order valence-corrected chi connectivity index (χ2v) is 2.48. The summed E-state index contributed by atoms with van der Waals surface area (Å²) in [5, 5.41) is 8.38. The fourth-order valence-electron chi connectivity index (χ4n) is 1.13. The molecule has 10 heavy (non-hydrogen) atoms. The summed E-state index contributed by atoms with van der Waals surface area (Å²) in [6, 6.07) is 0.536. The molecule has 0 aliphatic heterocycles. The van der Waals surface area contributed by atoms with Gasteiger partial charge < -0.3 is 5.73 Å². The Balaban J connectivity index is 0.000000236. The van der Waals surface area contributed by atoms with E-state index in [1.54, 1.807) is 0 Å². The molecule has 1 fully saturated rings. The van der Waals surface area contributed by atoms with Gasteiger partial charge in [0, 0.05) is 11.4 Å². The zero-order chi connectivity index (χ0) is 7.82. The van der Waals surface area contributed by atoms with E-state index in [0.29, 0.717) is 6.04 Å². The standard InChI is InChI=1S/C6H13N.HNO2/c7-6-4-2-1-3-5-6;2-1-3/h6H,1-5,7H2;1H. The maximum Gasteiger partial charge on any atom is 0.00388 e. The van der Waals surface area contributed by atoms with Crippen molar-refractivity contribution in [3.8, 4) is 0 Å². The lowest BCUT2D eigenvalue weighted by molar-refractivity contribution is -0.398. The molecule has 0 radical (unpaired) electrons. The van der Waals surface area contributed by atoms with E-state index >= 15 is 0 Å². The summed E-state index contributed by atoms with van der Waals surface area (Å²) in [6.45, 7) is 0. The van der Waals surface area contributed by atoms with E-state index in [9.17, 15) is 0 Å². The quantitative estimate of drug-likeness (QED) is 0.361. The van der Waals surface area contributed by atoms with Crippen LogP contribution in [0.1, 0.15) is 32.1 Å². The third-order valence-corrected chi connectivity index (χ3v) is 1.65. The first kappa shape index (κ1) is 9.36. The number of rotatable bonds is 0. The summed E-state index contributed by atoms with van der Waals surface area (Å²) in [4.78, 5) is 8.12. The lowest BCUT2D eigenvalue weighted by Crippen LogP contribution is -2.53. The smallest absolute Gasteiger partial charge is 0.00388 e. The molecule has 0 aromatic rings. The van der Waals surface area contributed by atoms with Crippen molar-refractivity contribution >= 4 is 0 Å². The first-order valence-corrected chi connectivity index (χ1v) is 3.56. The van der Waals surface area contributed by atoms with Gasteiger partial charge in [-0.15, -0.1) is 0 Å². The maximum atomic E-state index is 8.12. The number of hydrogen-bond acceptors (Lipinski definition) is 3. The molecule has 0 unspecified atom stereocenters. The lowest BCUT2D eigenvalue weighted by atomic mass is 9.97. The van der Waals surface area contributed by atoms with E-state index in [1.807, 2.05) is 0 Å². The minimum atomic E-state index is 0.250. The lowest BCUT2D eigenvalue weighted by Gasteiger charge is -2.15. The van der Waals surface area contributed by atoms with Crippen LogP contribution in [0.4, 0.5) is 0 Å². The van der Waals surface area contributed by atoms with Crippen LogP contribution in [0.2, 0.25) is 0 Å². The molecule has 4 nitrogen and oxygen atoms in total. The Hall–Kier alpha value is -0.640. The van der Waals surface area contributed by atoms with Crippen LogP contribution >= 0.6 is 0 Å². The highest BCUT2D eigenvalue weighted by molar-refractivity contribution is 4.66. The van der Waals surface area contributed by atoms with Crippen LogP contribution in [-0.2, 0) is 0 Å². The van der Waals surface area contributed by atoms with Crippen LogP contribution in [0.15, 0.2) is 0 Å². The molecule has 0 aromatic heterocycles. The molecular weight excluding hydrogens is 132 g/mol. The molecule has 0 atom stereocenters. The van der Waals surface area contributed by atoms with Crippen molar-refractivity contribution in [1.29, 1.82) is 0 Å². The Morgan fingerprint density at radius 1 is 1.30 bits per heavy atom. The highest BCUT2D eigenvalue weighted by atomic mass is 16.6. The first-order valence-electron chi connectivity index (χ1n) is 3.56. The summed E-state index contributed by atoms with van der Waals surface area (Å²) in [5.41, 5.74) is 5.63. The van der Waals surface area contributed by atoms with Crippen LogP contribution < -0.4 is 11.1 Å². The summed E-state index contributed by atoms with van der Waals surface area (Å²) < 4.78 is 0. The highest BCUT2D eigenvalue weighted by Gasteiger charge is 2.06. The molecular formula is C6H14N2O2. The molecule has 0 aromatic carbocycles. The molecule has 60 valence electrons. The minimum absolute atomic E-state index is 0.250. The van der Waals surface area contributed by atoms with Crippen molar-refractivity contribution in [1.82, 2.24) is 0 Å². The zero-order valence-corrected chi connectivity index (χ0v) is 6.01. The van der Waals surface area contributed by atoms with E-state index in [-0.39, 0.29) is 5.34 Å². The average molecular weight is 146 g/mol. The summed E-state index contributed by atoms with van der Waals surface area (Å²) >= 11 is 0. The van der Waals surface area contributed by atoms with Crippen LogP contribution in [0.5, 0.6) is 0 Å². The Kier molecular flexibility index (Phi) is 6.06.